The molecule has 0 unspecified atom stereocenters. The fourth-order valence-electron chi connectivity index (χ4n) is 1.36. The molecule has 0 saturated carbocycles. The van der Waals surface area contributed by atoms with Crippen molar-refractivity contribution >= 4 is 11.7 Å². The van der Waals surface area contributed by atoms with Gasteiger partial charge < -0.3 is 10.1 Å². The predicted molar refractivity (Wildman–Crippen MR) is 60.3 cm³/mol. The molecule has 16 heavy (non-hydrogen) atoms. The van der Waals surface area contributed by atoms with Crippen LogP contribution in [-0.4, -0.2) is 18.8 Å². The number of amides is 1. The number of aryl methyl sites for hydroxylation is 1. The molecule has 4 nitrogen and oxygen atoms in total. The smallest absolute Gasteiger partial charge is 0.287 e. The molecule has 1 N–H and O–H groups in total. The van der Waals surface area contributed by atoms with E-state index in [0.29, 0.717) is 6.54 Å². The van der Waals surface area contributed by atoms with E-state index in [1.807, 2.05) is 25.1 Å². The minimum Gasteiger partial charge on any atom is -0.496 e. The molecule has 1 rings (SSSR count). The molecule has 0 atom stereocenters. The van der Waals surface area contributed by atoms with Gasteiger partial charge in [0.25, 0.3) is 5.91 Å². The summed E-state index contributed by atoms with van der Waals surface area (Å²) in [5.41, 5.74) is 1.94. The molecule has 0 aliphatic rings. The van der Waals surface area contributed by atoms with Gasteiger partial charge in [-0.05, 0) is 24.1 Å². The van der Waals surface area contributed by atoms with Crippen molar-refractivity contribution in [2.45, 2.75) is 20.4 Å². The van der Waals surface area contributed by atoms with Crippen LogP contribution in [-0.2, 0) is 16.1 Å². The van der Waals surface area contributed by atoms with Crippen LogP contribution in [0.15, 0.2) is 18.2 Å². The Bertz CT molecular complexity index is 413. The Balaban J connectivity index is 2.65. The molecule has 0 aliphatic heterocycles. The number of nitrogens with one attached hydrogen (secondary N) is 1. The topological polar surface area (TPSA) is 55.4 Å². The lowest BCUT2D eigenvalue weighted by Crippen LogP contribution is -2.28. The lowest BCUT2D eigenvalue weighted by Gasteiger charge is -2.07. The van der Waals surface area contributed by atoms with Gasteiger partial charge in [-0.15, -0.1) is 0 Å². The van der Waals surface area contributed by atoms with E-state index in [9.17, 15) is 9.59 Å². The van der Waals surface area contributed by atoms with Crippen molar-refractivity contribution in [2.75, 3.05) is 7.11 Å². The van der Waals surface area contributed by atoms with Gasteiger partial charge in [-0.25, -0.2) is 0 Å². The number of hydrogen-bond acceptors (Lipinski definition) is 3. The van der Waals surface area contributed by atoms with Crippen molar-refractivity contribution in [1.82, 2.24) is 5.32 Å². The van der Waals surface area contributed by atoms with E-state index in [1.54, 1.807) is 7.11 Å². The molecule has 4 heteroatoms. The second-order valence-corrected chi connectivity index (χ2v) is 3.54. The van der Waals surface area contributed by atoms with Gasteiger partial charge >= 0.3 is 0 Å². The van der Waals surface area contributed by atoms with Crippen LogP contribution in [0, 0.1) is 6.92 Å². The molecule has 0 aromatic heterocycles. The molecular formula is C12H15NO3. The van der Waals surface area contributed by atoms with Gasteiger partial charge in [-0.3, -0.25) is 9.59 Å². The van der Waals surface area contributed by atoms with Crippen molar-refractivity contribution in [2.24, 2.45) is 0 Å². The zero-order valence-electron chi connectivity index (χ0n) is 9.66. The largest absolute Gasteiger partial charge is 0.496 e. The number of Topliss-reactive ketones (excluding diaryl/α,β-unsaturated/α-hetero) is 1. The van der Waals surface area contributed by atoms with Gasteiger partial charge in [0.15, 0.2) is 0 Å². The lowest BCUT2D eigenvalue weighted by molar-refractivity contribution is -0.136. The highest BCUT2D eigenvalue weighted by molar-refractivity contribution is 6.35. The summed E-state index contributed by atoms with van der Waals surface area (Å²) in [7, 11) is 1.61. The number of ether oxygens (including phenoxy) is 1. The van der Waals surface area contributed by atoms with E-state index < -0.39 is 11.7 Å². The second kappa shape index (κ2) is 5.30. The number of carbonyl (C=O) groups excluding carboxylic acids is 2. The van der Waals surface area contributed by atoms with E-state index in [1.165, 1.54) is 6.92 Å². The quantitative estimate of drug-likeness (QED) is 0.777. The average Bonchev–Trinajstić information content (AvgIpc) is 2.25. The van der Waals surface area contributed by atoms with Gasteiger partial charge in [0.05, 0.1) is 7.11 Å². The fraction of sp³-hybridized carbons (Fsp3) is 0.333. The van der Waals surface area contributed by atoms with Gasteiger partial charge in [-0.2, -0.15) is 0 Å². The molecule has 86 valence electrons. The minimum atomic E-state index is -0.562. The summed E-state index contributed by atoms with van der Waals surface area (Å²) in [5.74, 6) is -0.236. The van der Waals surface area contributed by atoms with Crippen LogP contribution in [0.5, 0.6) is 5.75 Å². The van der Waals surface area contributed by atoms with Crippen LogP contribution >= 0.6 is 0 Å². The third kappa shape index (κ3) is 3.08. The molecule has 0 spiro atoms. The predicted octanol–water partition coefficient (Wildman–Crippen LogP) is 1.21. The lowest BCUT2D eigenvalue weighted by atomic mass is 10.1. The van der Waals surface area contributed by atoms with E-state index in [4.69, 9.17) is 4.74 Å². The summed E-state index contributed by atoms with van der Waals surface area (Å²) < 4.78 is 5.12. The maximum absolute atomic E-state index is 11.0. The van der Waals surface area contributed by atoms with Crippen LogP contribution in [0.1, 0.15) is 18.1 Å². The first kappa shape index (κ1) is 12.2. The SMILES string of the molecule is COc1ccc(CNC(=O)C(C)=O)cc1C. The molecule has 1 amide bonds. The Labute approximate surface area is 94.6 Å². The van der Waals surface area contributed by atoms with Crippen molar-refractivity contribution in [3.8, 4) is 5.75 Å². The van der Waals surface area contributed by atoms with Gasteiger partial charge in [0.1, 0.15) is 5.75 Å². The van der Waals surface area contributed by atoms with Gasteiger partial charge in [0.2, 0.25) is 5.78 Å². The Morgan fingerprint density at radius 3 is 2.56 bits per heavy atom. The van der Waals surface area contributed by atoms with Crippen LogP contribution < -0.4 is 10.1 Å². The second-order valence-electron chi connectivity index (χ2n) is 3.54. The summed E-state index contributed by atoms with van der Waals surface area (Å²) in [5, 5.41) is 2.53. The van der Waals surface area contributed by atoms with Crippen molar-refractivity contribution in [3.05, 3.63) is 29.3 Å². The van der Waals surface area contributed by atoms with Crippen LogP contribution in [0.4, 0.5) is 0 Å². The highest BCUT2D eigenvalue weighted by Crippen LogP contribution is 2.18. The fourth-order valence-corrected chi connectivity index (χ4v) is 1.36. The zero-order valence-corrected chi connectivity index (χ0v) is 9.66. The van der Waals surface area contributed by atoms with Crippen LogP contribution in [0.25, 0.3) is 0 Å². The standard InChI is InChI=1S/C12H15NO3/c1-8-6-10(4-5-11(8)16-3)7-13-12(15)9(2)14/h4-6H,7H2,1-3H3,(H,13,15). The van der Waals surface area contributed by atoms with Crippen LogP contribution in [0.2, 0.25) is 0 Å². The maximum atomic E-state index is 11.0. The molecule has 0 aliphatic carbocycles. The Kier molecular flexibility index (Phi) is 4.05. The molecule has 1 aromatic rings. The highest BCUT2D eigenvalue weighted by Gasteiger charge is 2.06. The number of methoxy groups -OCH3 is 1. The van der Waals surface area contributed by atoms with Crippen LogP contribution in [0.3, 0.4) is 0 Å². The summed E-state index contributed by atoms with van der Waals surface area (Å²) >= 11 is 0. The molecule has 0 bridgehead atoms. The average molecular weight is 221 g/mol. The first-order chi connectivity index (χ1) is 7.54. The van der Waals surface area contributed by atoms with E-state index in [2.05, 4.69) is 5.32 Å². The molecule has 0 radical (unpaired) electrons. The minimum absolute atomic E-state index is 0.350. The number of benzene rings is 1. The van der Waals surface area contributed by atoms with Crippen molar-refractivity contribution < 1.29 is 14.3 Å². The van der Waals surface area contributed by atoms with Gasteiger partial charge in [0, 0.05) is 13.5 Å². The maximum Gasteiger partial charge on any atom is 0.287 e. The third-order valence-corrected chi connectivity index (χ3v) is 2.23. The summed E-state index contributed by atoms with van der Waals surface area (Å²) in [6, 6.07) is 5.61. The number of rotatable bonds is 4. The Morgan fingerprint density at radius 1 is 1.38 bits per heavy atom. The molecule has 0 saturated heterocycles. The molecule has 0 heterocycles. The molecular weight excluding hydrogens is 206 g/mol. The Morgan fingerprint density at radius 2 is 2.06 bits per heavy atom. The first-order valence-corrected chi connectivity index (χ1v) is 4.97. The number of ketones is 1. The van der Waals surface area contributed by atoms with Crippen molar-refractivity contribution in [1.29, 1.82) is 0 Å². The van der Waals surface area contributed by atoms with E-state index in [0.717, 1.165) is 16.9 Å². The number of hydrogen-bond donors (Lipinski definition) is 1. The number of carbonyl (C=O) groups is 2. The van der Waals surface area contributed by atoms with Crippen molar-refractivity contribution in [3.63, 3.8) is 0 Å². The molecule has 1 aromatic carbocycles. The van der Waals surface area contributed by atoms with E-state index in [-0.39, 0.29) is 0 Å². The van der Waals surface area contributed by atoms with Gasteiger partial charge in [-0.1, -0.05) is 12.1 Å². The zero-order chi connectivity index (χ0) is 12.1. The summed E-state index contributed by atoms with van der Waals surface area (Å²) in [6.07, 6.45) is 0. The summed E-state index contributed by atoms with van der Waals surface area (Å²) in [4.78, 5) is 21.7. The normalized spacial score (nSPS) is 9.69. The monoisotopic (exact) mass is 221 g/mol. The Hall–Kier alpha value is -1.84. The van der Waals surface area contributed by atoms with E-state index >= 15 is 0 Å². The highest BCUT2D eigenvalue weighted by atomic mass is 16.5. The molecule has 0 fully saturated rings. The summed E-state index contributed by atoms with van der Waals surface area (Å²) in [6.45, 7) is 3.52. The third-order valence-electron chi connectivity index (χ3n) is 2.23. The first-order valence-electron chi connectivity index (χ1n) is 4.97.